The van der Waals surface area contributed by atoms with Crippen molar-refractivity contribution in [1.82, 2.24) is 24.5 Å². The number of carbonyl (C=O) groups is 2. The predicted molar refractivity (Wildman–Crippen MR) is 135 cm³/mol. The van der Waals surface area contributed by atoms with Gasteiger partial charge in [0.1, 0.15) is 22.9 Å². The smallest absolute Gasteiger partial charge is 0.214 e. The van der Waals surface area contributed by atoms with Gasteiger partial charge in [0.25, 0.3) is 0 Å². The Morgan fingerprint density at radius 1 is 0.865 bits per heavy atom. The maximum atomic E-state index is 13.7. The molecule has 10 heteroatoms. The first kappa shape index (κ1) is 24.2. The zero-order valence-corrected chi connectivity index (χ0v) is 21.1. The third-order valence-corrected chi connectivity index (χ3v) is 6.41. The molecule has 2 heterocycles. The summed E-state index contributed by atoms with van der Waals surface area (Å²) < 4.78 is 20.2. The molecule has 0 saturated carbocycles. The van der Waals surface area contributed by atoms with Gasteiger partial charge < -0.3 is 18.8 Å². The van der Waals surface area contributed by atoms with Crippen molar-refractivity contribution in [3.05, 3.63) is 70.8 Å². The molecule has 0 aliphatic heterocycles. The van der Waals surface area contributed by atoms with Gasteiger partial charge in [-0.15, -0.1) is 5.10 Å². The second kappa shape index (κ2) is 9.88. The Labute approximate surface area is 213 Å². The van der Waals surface area contributed by atoms with E-state index in [4.69, 9.17) is 19.2 Å². The van der Waals surface area contributed by atoms with Gasteiger partial charge in [0.05, 0.1) is 39.6 Å². The molecule has 0 saturated heterocycles. The number of aromatic nitrogens is 5. The molecule has 190 valence electrons. The quantitative estimate of drug-likeness (QED) is 0.300. The van der Waals surface area contributed by atoms with Crippen LogP contribution in [0.25, 0.3) is 11.4 Å². The van der Waals surface area contributed by atoms with E-state index >= 15 is 0 Å². The molecule has 0 bridgehead atoms. The molecule has 0 N–H and O–H groups in total. The number of aryl methyl sites for hydroxylation is 1. The van der Waals surface area contributed by atoms with Crippen molar-refractivity contribution < 1.29 is 23.8 Å². The number of methoxy groups -OCH3 is 3. The van der Waals surface area contributed by atoms with Crippen LogP contribution >= 0.6 is 0 Å². The Morgan fingerprint density at radius 3 is 2.27 bits per heavy atom. The highest BCUT2D eigenvalue weighted by Gasteiger charge is 2.37. The third-order valence-electron chi connectivity index (χ3n) is 6.41. The zero-order valence-electron chi connectivity index (χ0n) is 21.1. The summed E-state index contributed by atoms with van der Waals surface area (Å²) in [6.45, 7) is 3.04. The summed E-state index contributed by atoms with van der Waals surface area (Å²) >= 11 is 0. The predicted octanol–water partition coefficient (Wildman–Crippen LogP) is 3.79. The molecule has 4 aromatic rings. The number of carbonyl (C=O) groups excluding carboxylic acids is 2. The van der Waals surface area contributed by atoms with Crippen LogP contribution in [0.4, 0.5) is 0 Å². The van der Waals surface area contributed by atoms with Gasteiger partial charge in [-0.3, -0.25) is 14.3 Å². The third kappa shape index (κ3) is 4.04. The number of imidazole rings is 1. The molecular weight excluding hydrogens is 474 g/mol. The first-order chi connectivity index (χ1) is 18.0. The average Bonchev–Trinajstić information content (AvgIpc) is 3.54. The fourth-order valence-corrected chi connectivity index (χ4v) is 4.61. The summed E-state index contributed by atoms with van der Waals surface area (Å²) in [5.74, 6) is 1.01. The number of unbranched alkanes of at least 4 members (excludes halogenated alkanes) is 1. The number of rotatable bonds is 9. The normalized spacial score (nSPS) is 12.3. The molecule has 5 rings (SSSR count). The van der Waals surface area contributed by atoms with Gasteiger partial charge in [0.15, 0.2) is 11.5 Å². The van der Waals surface area contributed by atoms with E-state index in [2.05, 4.69) is 17.2 Å². The molecule has 37 heavy (non-hydrogen) atoms. The summed E-state index contributed by atoms with van der Waals surface area (Å²) in [4.78, 5) is 31.9. The standard InChI is InChI=1S/C27H27N5O5/c1-5-6-13-31-14-16(29-30-31)15-32-22-21(23(33)17-9-7-8-10-18(17)24(22)34)28-27(32)19-11-12-20(35-2)26(37-4)25(19)36-3/h7-12,14H,5-6,13,15H2,1-4H3. The number of hydrogen-bond acceptors (Lipinski definition) is 8. The van der Waals surface area contributed by atoms with Crippen LogP contribution in [0.3, 0.4) is 0 Å². The molecular formula is C27H27N5O5. The lowest BCUT2D eigenvalue weighted by Gasteiger charge is -2.18. The molecule has 0 atom stereocenters. The van der Waals surface area contributed by atoms with E-state index in [1.807, 2.05) is 6.20 Å². The van der Waals surface area contributed by atoms with Crippen molar-refractivity contribution >= 4 is 11.6 Å². The second-order valence-electron chi connectivity index (χ2n) is 8.63. The summed E-state index contributed by atoms with van der Waals surface area (Å²) in [5, 5.41) is 8.53. The molecule has 2 aromatic carbocycles. The minimum absolute atomic E-state index is 0.0916. The highest BCUT2D eigenvalue weighted by atomic mass is 16.5. The van der Waals surface area contributed by atoms with Crippen molar-refractivity contribution in [2.45, 2.75) is 32.9 Å². The van der Waals surface area contributed by atoms with Crippen LogP contribution in [0, 0.1) is 0 Å². The molecule has 1 aliphatic rings. The maximum Gasteiger partial charge on any atom is 0.214 e. The van der Waals surface area contributed by atoms with E-state index < -0.39 is 0 Å². The minimum Gasteiger partial charge on any atom is -0.493 e. The fourth-order valence-electron chi connectivity index (χ4n) is 4.61. The van der Waals surface area contributed by atoms with Crippen molar-refractivity contribution in [2.75, 3.05) is 21.3 Å². The Bertz CT molecular complexity index is 1500. The lowest BCUT2D eigenvalue weighted by molar-refractivity contribution is 0.0971. The molecule has 0 amide bonds. The Balaban J connectivity index is 1.72. The highest BCUT2D eigenvalue weighted by molar-refractivity contribution is 6.27. The fraction of sp³-hybridized carbons (Fsp3) is 0.296. The number of ketones is 2. The van der Waals surface area contributed by atoms with Gasteiger partial charge in [-0.1, -0.05) is 42.8 Å². The number of nitrogens with zero attached hydrogens (tertiary/aromatic N) is 5. The lowest BCUT2D eigenvalue weighted by atomic mass is 9.90. The van der Waals surface area contributed by atoms with Crippen LogP contribution in [-0.4, -0.2) is 57.4 Å². The molecule has 0 spiro atoms. The monoisotopic (exact) mass is 501 g/mol. The van der Waals surface area contributed by atoms with Crippen molar-refractivity contribution in [3.63, 3.8) is 0 Å². The topological polar surface area (TPSA) is 110 Å². The zero-order chi connectivity index (χ0) is 26.1. The first-order valence-electron chi connectivity index (χ1n) is 12.0. The van der Waals surface area contributed by atoms with Gasteiger partial charge in [-0.25, -0.2) is 4.98 Å². The van der Waals surface area contributed by atoms with Crippen LogP contribution in [0.5, 0.6) is 17.2 Å². The van der Waals surface area contributed by atoms with Crippen LogP contribution in [-0.2, 0) is 13.1 Å². The molecule has 0 fully saturated rings. The molecule has 0 unspecified atom stereocenters. The van der Waals surface area contributed by atoms with Crippen LogP contribution in [0.1, 0.15) is 57.6 Å². The molecule has 1 aliphatic carbocycles. The number of fused-ring (bicyclic) bond motifs is 2. The SMILES string of the molecule is CCCCn1cc(Cn2c(-c3ccc(OC)c(OC)c3OC)nc3c2C(=O)c2ccccc2C3=O)nn1. The summed E-state index contributed by atoms with van der Waals surface area (Å²) in [6, 6.07) is 10.3. The average molecular weight is 502 g/mol. The van der Waals surface area contributed by atoms with Crippen molar-refractivity contribution in [1.29, 1.82) is 0 Å². The van der Waals surface area contributed by atoms with E-state index in [-0.39, 0.29) is 29.5 Å². The highest BCUT2D eigenvalue weighted by Crippen LogP contribution is 2.45. The van der Waals surface area contributed by atoms with Crippen molar-refractivity contribution in [3.8, 4) is 28.6 Å². The Kier molecular flexibility index (Phi) is 6.47. The maximum absolute atomic E-state index is 13.7. The van der Waals surface area contributed by atoms with Crippen molar-refractivity contribution in [2.24, 2.45) is 0 Å². The summed E-state index contributed by atoms with van der Waals surface area (Å²) in [6.07, 6.45) is 3.85. The molecule has 10 nitrogen and oxygen atoms in total. The molecule has 2 aromatic heterocycles. The van der Waals surface area contributed by atoms with Gasteiger partial charge >= 0.3 is 0 Å². The van der Waals surface area contributed by atoms with Gasteiger partial charge in [0, 0.05) is 17.7 Å². The Morgan fingerprint density at radius 2 is 1.59 bits per heavy atom. The van der Waals surface area contributed by atoms with Crippen LogP contribution < -0.4 is 14.2 Å². The Hall–Kier alpha value is -4.47. The van der Waals surface area contributed by atoms with Gasteiger partial charge in [-0.05, 0) is 18.6 Å². The van der Waals surface area contributed by atoms with Crippen LogP contribution in [0.2, 0.25) is 0 Å². The van der Waals surface area contributed by atoms with E-state index in [9.17, 15) is 9.59 Å². The lowest BCUT2D eigenvalue weighted by Crippen LogP contribution is -2.23. The summed E-state index contributed by atoms with van der Waals surface area (Å²) in [5.41, 5.74) is 2.15. The van der Waals surface area contributed by atoms with E-state index in [1.54, 1.807) is 45.6 Å². The number of hydrogen-bond donors (Lipinski definition) is 0. The first-order valence-corrected chi connectivity index (χ1v) is 12.0. The number of ether oxygens (including phenoxy) is 3. The van der Waals surface area contributed by atoms with Gasteiger partial charge in [-0.2, -0.15) is 0 Å². The van der Waals surface area contributed by atoms with Gasteiger partial charge in [0.2, 0.25) is 17.3 Å². The minimum atomic E-state index is -0.309. The van der Waals surface area contributed by atoms with E-state index in [1.165, 1.54) is 21.3 Å². The number of benzene rings is 2. The molecule has 0 radical (unpaired) electrons. The largest absolute Gasteiger partial charge is 0.493 e. The van der Waals surface area contributed by atoms with E-state index in [0.29, 0.717) is 45.5 Å². The van der Waals surface area contributed by atoms with E-state index in [0.717, 1.165) is 19.4 Å². The van der Waals surface area contributed by atoms with Crippen LogP contribution in [0.15, 0.2) is 42.6 Å². The summed E-state index contributed by atoms with van der Waals surface area (Å²) in [7, 11) is 4.56. The second-order valence-corrected chi connectivity index (χ2v) is 8.63.